The van der Waals surface area contributed by atoms with E-state index in [1.54, 1.807) is 0 Å². The molecule has 0 spiro atoms. The first kappa shape index (κ1) is 37.3. The van der Waals surface area contributed by atoms with E-state index in [0.717, 1.165) is 96.1 Å². The molecule has 12 nitrogen and oxygen atoms in total. The van der Waals surface area contributed by atoms with Crippen LogP contribution in [0.3, 0.4) is 0 Å². The summed E-state index contributed by atoms with van der Waals surface area (Å²) in [6.45, 7) is 10.5. The first-order valence-corrected chi connectivity index (χ1v) is 19.5. The standard InChI is InChI=1S/C42H53N7O5/c1-25(2)27(4)40(50)48-20-6-10-34(48)38-43-23-32(44-38)30-16-12-28(13-17-30)29-14-18-31(19-15-29)37-33-24-54-22-8-9-26(3)36(47-42(52)53-5)41(51)49-21-7-11-35(49)39(45-33)46-37/h12-19,23,25-27,34-36H,6-11,20-22,24H2,1-5H3,(H,43,44)(H,45,46)(H,47,52)/t26-,27-,34-,35-,36-/m0/s1. The lowest BCUT2D eigenvalue weighted by atomic mass is 9.95. The maximum absolute atomic E-state index is 13.9. The van der Waals surface area contributed by atoms with E-state index in [4.69, 9.17) is 19.4 Å². The molecule has 2 fully saturated rings. The minimum atomic E-state index is -0.690. The smallest absolute Gasteiger partial charge is 0.407 e. The molecule has 0 aliphatic carbocycles. The molecule has 2 bridgehead atoms. The highest BCUT2D eigenvalue weighted by Gasteiger charge is 2.39. The SMILES string of the molecule is COC(=O)N[C@@H]1C(=O)N2CCC[C@H]2c2nc(-c3ccc(-c4ccc(-c5c[nH]c([C@@H]6CCCN6C(=O)[C@@H](C)C(C)C)n5)cc4)cc3)c([nH]2)COCCC[C@@H]1C. The van der Waals surface area contributed by atoms with E-state index in [1.807, 2.05) is 29.8 Å². The van der Waals surface area contributed by atoms with Gasteiger partial charge in [0.25, 0.3) is 0 Å². The van der Waals surface area contributed by atoms with Crippen LogP contribution in [0.25, 0.3) is 33.6 Å². The molecular weight excluding hydrogens is 683 g/mol. The van der Waals surface area contributed by atoms with Crippen LogP contribution in [0.2, 0.25) is 0 Å². The second-order valence-electron chi connectivity index (χ2n) is 15.5. The van der Waals surface area contributed by atoms with Crippen molar-refractivity contribution < 1.29 is 23.9 Å². The Morgan fingerprint density at radius 1 is 0.870 bits per heavy atom. The molecule has 3 amide bonds. The number of aromatic nitrogens is 4. The van der Waals surface area contributed by atoms with Crippen molar-refractivity contribution in [3.8, 4) is 33.6 Å². The van der Waals surface area contributed by atoms with Crippen LogP contribution in [0.1, 0.15) is 95.6 Å². The van der Waals surface area contributed by atoms with Gasteiger partial charge in [-0.3, -0.25) is 9.59 Å². The Hall–Kier alpha value is -4.97. The van der Waals surface area contributed by atoms with E-state index >= 15 is 0 Å². The molecule has 2 aromatic heterocycles. The van der Waals surface area contributed by atoms with Crippen LogP contribution in [0.5, 0.6) is 0 Å². The number of fused-ring (bicyclic) bond motifs is 4. The lowest BCUT2D eigenvalue weighted by Crippen LogP contribution is -2.51. The number of imidazole rings is 2. The molecule has 0 radical (unpaired) electrons. The number of hydrogen-bond acceptors (Lipinski definition) is 7. The first-order chi connectivity index (χ1) is 26.1. The molecular formula is C42H53N7O5. The van der Waals surface area contributed by atoms with Crippen molar-refractivity contribution in [1.29, 1.82) is 0 Å². The summed E-state index contributed by atoms with van der Waals surface area (Å²) in [5.41, 5.74) is 6.71. The zero-order chi connectivity index (χ0) is 37.9. The van der Waals surface area contributed by atoms with E-state index in [9.17, 15) is 14.4 Å². The Balaban J connectivity index is 1.08. The number of carbonyl (C=O) groups is 3. The zero-order valence-electron chi connectivity index (χ0n) is 32.1. The van der Waals surface area contributed by atoms with Crippen LogP contribution < -0.4 is 5.32 Å². The van der Waals surface area contributed by atoms with E-state index in [1.165, 1.54) is 7.11 Å². The van der Waals surface area contributed by atoms with Gasteiger partial charge in [0.2, 0.25) is 11.8 Å². The Morgan fingerprint density at radius 3 is 2.24 bits per heavy atom. The topological polar surface area (TPSA) is 146 Å². The maximum atomic E-state index is 13.9. The third kappa shape index (κ3) is 7.66. The van der Waals surface area contributed by atoms with Crippen LogP contribution in [-0.4, -0.2) is 80.5 Å². The highest BCUT2D eigenvalue weighted by molar-refractivity contribution is 5.86. The molecule has 5 heterocycles. The van der Waals surface area contributed by atoms with Crippen molar-refractivity contribution in [2.45, 2.75) is 91.0 Å². The van der Waals surface area contributed by atoms with Crippen molar-refractivity contribution in [2.75, 3.05) is 26.8 Å². The predicted molar refractivity (Wildman–Crippen MR) is 206 cm³/mol. The van der Waals surface area contributed by atoms with Gasteiger partial charge in [0.1, 0.15) is 17.7 Å². The summed E-state index contributed by atoms with van der Waals surface area (Å²) in [6.07, 6.45) is 6.34. The van der Waals surface area contributed by atoms with Gasteiger partial charge in [-0.1, -0.05) is 76.2 Å². The molecule has 2 aromatic carbocycles. The maximum Gasteiger partial charge on any atom is 0.407 e. The summed E-state index contributed by atoms with van der Waals surface area (Å²) in [4.78, 5) is 60.1. The third-order valence-electron chi connectivity index (χ3n) is 11.6. The summed E-state index contributed by atoms with van der Waals surface area (Å²) in [6, 6.07) is 15.8. The number of nitrogens with zero attached hydrogens (tertiary/aromatic N) is 4. The number of rotatable bonds is 7. The normalized spacial score (nSPS) is 22.7. The fourth-order valence-corrected chi connectivity index (χ4v) is 8.08. The molecule has 3 aliphatic heterocycles. The van der Waals surface area contributed by atoms with E-state index in [2.05, 4.69) is 77.7 Å². The fourth-order valence-electron chi connectivity index (χ4n) is 8.08. The molecule has 0 saturated carbocycles. The molecule has 7 rings (SSSR count). The molecule has 5 atom stereocenters. The second-order valence-corrected chi connectivity index (χ2v) is 15.5. The van der Waals surface area contributed by atoms with Gasteiger partial charge in [-0.25, -0.2) is 14.8 Å². The highest BCUT2D eigenvalue weighted by Crippen LogP contribution is 2.37. The van der Waals surface area contributed by atoms with Gasteiger partial charge in [-0.2, -0.15) is 0 Å². The number of hydrogen-bond donors (Lipinski definition) is 3. The Bertz CT molecular complexity index is 1930. The number of aromatic amines is 2. The van der Waals surface area contributed by atoms with Crippen molar-refractivity contribution in [3.05, 3.63) is 72.1 Å². The van der Waals surface area contributed by atoms with Gasteiger partial charge in [0.15, 0.2) is 0 Å². The molecule has 4 aromatic rings. The summed E-state index contributed by atoms with van der Waals surface area (Å²) >= 11 is 0. The third-order valence-corrected chi connectivity index (χ3v) is 11.6. The van der Waals surface area contributed by atoms with Gasteiger partial charge in [-0.15, -0.1) is 0 Å². The van der Waals surface area contributed by atoms with Gasteiger partial charge in [0, 0.05) is 42.9 Å². The molecule has 54 heavy (non-hydrogen) atoms. The number of methoxy groups -OCH3 is 1. The molecule has 3 N–H and O–H groups in total. The monoisotopic (exact) mass is 735 g/mol. The highest BCUT2D eigenvalue weighted by atomic mass is 16.5. The molecule has 286 valence electrons. The first-order valence-electron chi connectivity index (χ1n) is 19.5. The van der Waals surface area contributed by atoms with Gasteiger partial charge in [0.05, 0.1) is 42.9 Å². The van der Waals surface area contributed by atoms with E-state index in [-0.39, 0.29) is 35.7 Å². The van der Waals surface area contributed by atoms with Crippen molar-refractivity contribution in [2.24, 2.45) is 17.8 Å². The van der Waals surface area contributed by atoms with Gasteiger partial charge in [-0.05, 0) is 61.5 Å². The number of H-pyrrole nitrogens is 2. The van der Waals surface area contributed by atoms with E-state index in [0.29, 0.717) is 25.7 Å². The van der Waals surface area contributed by atoms with Crippen LogP contribution >= 0.6 is 0 Å². The number of amides is 3. The number of benzene rings is 2. The largest absolute Gasteiger partial charge is 0.453 e. The predicted octanol–water partition coefficient (Wildman–Crippen LogP) is 7.42. The Kier molecular flexibility index (Phi) is 11.2. The average Bonchev–Trinajstić information content (AvgIpc) is 4.02. The minimum Gasteiger partial charge on any atom is -0.453 e. The summed E-state index contributed by atoms with van der Waals surface area (Å²) < 4.78 is 11.0. The van der Waals surface area contributed by atoms with Crippen LogP contribution in [-0.2, 0) is 25.7 Å². The molecule has 2 saturated heterocycles. The quantitative estimate of drug-likeness (QED) is 0.179. The lowest BCUT2D eigenvalue weighted by molar-refractivity contribution is -0.137. The summed E-state index contributed by atoms with van der Waals surface area (Å²) in [5, 5.41) is 2.80. The fraction of sp³-hybridized carbons (Fsp3) is 0.500. The number of alkyl carbamates (subject to hydrolysis) is 1. The van der Waals surface area contributed by atoms with Crippen molar-refractivity contribution in [3.63, 3.8) is 0 Å². The molecule has 3 aliphatic rings. The number of nitrogens with one attached hydrogen (secondary N) is 3. The van der Waals surface area contributed by atoms with Crippen molar-refractivity contribution in [1.82, 2.24) is 35.1 Å². The van der Waals surface area contributed by atoms with Gasteiger partial charge < -0.3 is 34.6 Å². The second kappa shape index (κ2) is 16.2. The van der Waals surface area contributed by atoms with Crippen LogP contribution in [0.4, 0.5) is 4.79 Å². The molecule has 0 unspecified atom stereocenters. The summed E-state index contributed by atoms with van der Waals surface area (Å²) in [7, 11) is 1.31. The lowest BCUT2D eigenvalue weighted by Gasteiger charge is -2.31. The number of likely N-dealkylation sites (tertiary alicyclic amines) is 1. The number of ether oxygens (including phenoxy) is 2. The summed E-state index contributed by atoms with van der Waals surface area (Å²) in [5.74, 6) is 1.88. The Labute approximate surface area is 317 Å². The van der Waals surface area contributed by atoms with Crippen molar-refractivity contribution >= 4 is 17.9 Å². The van der Waals surface area contributed by atoms with Crippen LogP contribution in [0, 0.1) is 17.8 Å². The van der Waals surface area contributed by atoms with Crippen LogP contribution in [0.15, 0.2) is 54.7 Å². The minimum absolute atomic E-state index is 0.0140. The zero-order valence-corrected chi connectivity index (χ0v) is 32.1. The molecule has 12 heteroatoms. The van der Waals surface area contributed by atoms with Gasteiger partial charge >= 0.3 is 6.09 Å². The Morgan fingerprint density at radius 2 is 1.54 bits per heavy atom. The number of carbonyl (C=O) groups excluding carboxylic acids is 3. The average molecular weight is 736 g/mol. The van der Waals surface area contributed by atoms with E-state index < -0.39 is 12.1 Å².